The second-order valence-electron chi connectivity index (χ2n) is 6.46. The van der Waals surface area contributed by atoms with Crippen LogP contribution in [0.15, 0.2) is 0 Å². The number of aliphatic hydroxyl groups is 1. The zero-order valence-corrected chi connectivity index (χ0v) is 12.0. The highest BCUT2D eigenvalue weighted by Gasteiger charge is 2.54. The first-order valence-electron chi connectivity index (χ1n) is 6.94. The second kappa shape index (κ2) is 4.98. The summed E-state index contributed by atoms with van der Waals surface area (Å²) in [5, 5.41) is 20.6. The van der Waals surface area contributed by atoms with E-state index in [4.69, 9.17) is 0 Å². The van der Waals surface area contributed by atoms with Crippen molar-refractivity contribution in [3.8, 4) is 6.07 Å². The van der Waals surface area contributed by atoms with Crippen molar-refractivity contribution in [2.24, 2.45) is 23.2 Å². The lowest BCUT2D eigenvalue weighted by Gasteiger charge is -2.51. The van der Waals surface area contributed by atoms with Crippen LogP contribution in [-0.2, 0) is 0 Å². The van der Waals surface area contributed by atoms with Crippen LogP contribution in [0.3, 0.4) is 0 Å². The van der Waals surface area contributed by atoms with Gasteiger partial charge in [0.05, 0.1) is 17.1 Å². The molecular weight excluding hydrogens is 210 g/mol. The third-order valence-electron chi connectivity index (χ3n) is 4.96. The third-order valence-corrected chi connectivity index (χ3v) is 4.96. The van der Waals surface area contributed by atoms with E-state index in [1.54, 1.807) is 0 Å². The summed E-state index contributed by atoms with van der Waals surface area (Å²) in [6, 6.07) is 2.39. The van der Waals surface area contributed by atoms with E-state index in [9.17, 15) is 10.4 Å². The maximum absolute atomic E-state index is 11.2. The Balaban J connectivity index is 3.14. The van der Waals surface area contributed by atoms with Crippen molar-refractivity contribution >= 4 is 0 Å². The van der Waals surface area contributed by atoms with E-state index in [2.05, 4.69) is 26.8 Å². The van der Waals surface area contributed by atoms with E-state index in [1.807, 2.05) is 13.8 Å². The van der Waals surface area contributed by atoms with Crippen LogP contribution in [0.5, 0.6) is 0 Å². The highest BCUT2D eigenvalue weighted by atomic mass is 16.3. The lowest BCUT2D eigenvalue weighted by atomic mass is 9.56. The van der Waals surface area contributed by atoms with Gasteiger partial charge in [0.2, 0.25) is 0 Å². The Morgan fingerprint density at radius 1 is 1.47 bits per heavy atom. The van der Waals surface area contributed by atoms with E-state index in [-0.39, 0.29) is 5.92 Å². The highest BCUT2D eigenvalue weighted by Crippen LogP contribution is 2.51. The number of hydrogen-bond donors (Lipinski definition) is 1. The zero-order valence-electron chi connectivity index (χ0n) is 12.0. The van der Waals surface area contributed by atoms with Crippen LogP contribution in [0.2, 0.25) is 0 Å². The molecular formula is C15H27NO. The molecule has 98 valence electrons. The van der Waals surface area contributed by atoms with Crippen LogP contribution in [0.25, 0.3) is 0 Å². The van der Waals surface area contributed by atoms with Crippen LogP contribution >= 0.6 is 0 Å². The normalized spacial score (nSPS) is 37.5. The summed E-state index contributed by atoms with van der Waals surface area (Å²) in [5.74, 6) is 1.21. The second-order valence-corrected chi connectivity index (χ2v) is 6.46. The Labute approximate surface area is 106 Å². The molecule has 2 heteroatoms. The van der Waals surface area contributed by atoms with Gasteiger partial charge in [-0.2, -0.15) is 5.26 Å². The molecule has 4 atom stereocenters. The first-order chi connectivity index (χ1) is 7.80. The van der Waals surface area contributed by atoms with Crippen LogP contribution in [0.1, 0.15) is 60.3 Å². The standard InChI is InChI=1S/C15H27NO/c1-6-14(5,10-16)15(17)9-12(4)7-8-13(15)11(2)3/h11-13,17H,6-9H2,1-5H3. The summed E-state index contributed by atoms with van der Waals surface area (Å²) >= 11 is 0. The average Bonchev–Trinajstić information content (AvgIpc) is 2.27. The smallest absolute Gasteiger partial charge is 0.0863 e. The molecule has 1 rings (SSSR count). The maximum atomic E-state index is 11.2. The molecule has 0 amide bonds. The van der Waals surface area contributed by atoms with Gasteiger partial charge >= 0.3 is 0 Å². The Kier molecular flexibility index (Phi) is 4.25. The molecule has 1 aliphatic rings. The summed E-state index contributed by atoms with van der Waals surface area (Å²) in [5.41, 5.74) is -1.43. The molecule has 0 heterocycles. The molecule has 1 N–H and O–H groups in total. The number of rotatable bonds is 3. The van der Waals surface area contributed by atoms with Crippen LogP contribution in [0, 0.1) is 34.5 Å². The number of nitriles is 1. The molecule has 0 aromatic rings. The molecule has 4 unspecified atom stereocenters. The van der Waals surface area contributed by atoms with Crippen molar-refractivity contribution in [1.29, 1.82) is 5.26 Å². The first kappa shape index (κ1) is 14.5. The lowest BCUT2D eigenvalue weighted by molar-refractivity contribution is -0.144. The van der Waals surface area contributed by atoms with Crippen molar-refractivity contribution in [3.63, 3.8) is 0 Å². The predicted molar refractivity (Wildman–Crippen MR) is 70.3 cm³/mol. The van der Waals surface area contributed by atoms with Gasteiger partial charge in [0, 0.05) is 0 Å². The molecule has 0 aliphatic heterocycles. The molecule has 0 saturated heterocycles. The summed E-state index contributed by atoms with van der Waals surface area (Å²) in [6.45, 7) is 10.5. The largest absolute Gasteiger partial charge is 0.388 e. The Bertz CT molecular complexity index is 307. The van der Waals surface area contributed by atoms with Crippen LogP contribution in [0.4, 0.5) is 0 Å². The third kappa shape index (κ3) is 2.36. The van der Waals surface area contributed by atoms with Crippen molar-refractivity contribution in [2.45, 2.75) is 65.9 Å². The maximum Gasteiger partial charge on any atom is 0.0863 e. The van der Waals surface area contributed by atoms with Crippen molar-refractivity contribution in [2.75, 3.05) is 0 Å². The Morgan fingerprint density at radius 2 is 2.06 bits per heavy atom. The molecule has 1 saturated carbocycles. The van der Waals surface area contributed by atoms with Gasteiger partial charge in [0.25, 0.3) is 0 Å². The van der Waals surface area contributed by atoms with E-state index in [1.165, 1.54) is 6.42 Å². The van der Waals surface area contributed by atoms with Crippen LogP contribution in [-0.4, -0.2) is 10.7 Å². The fourth-order valence-electron chi connectivity index (χ4n) is 3.49. The molecule has 1 aliphatic carbocycles. The van der Waals surface area contributed by atoms with E-state index >= 15 is 0 Å². The minimum atomic E-state index is -0.817. The molecule has 0 spiro atoms. The quantitative estimate of drug-likeness (QED) is 0.812. The van der Waals surface area contributed by atoms with Gasteiger partial charge in [-0.25, -0.2) is 0 Å². The van der Waals surface area contributed by atoms with Gasteiger partial charge in [-0.15, -0.1) is 0 Å². The van der Waals surface area contributed by atoms with Gasteiger partial charge in [0.15, 0.2) is 0 Å². The molecule has 0 bridgehead atoms. The fourth-order valence-corrected chi connectivity index (χ4v) is 3.49. The zero-order chi connectivity index (χ0) is 13.3. The number of hydrogen-bond acceptors (Lipinski definition) is 2. The van der Waals surface area contributed by atoms with Gasteiger partial charge in [0.1, 0.15) is 0 Å². The summed E-state index contributed by atoms with van der Waals surface area (Å²) in [4.78, 5) is 0. The minimum Gasteiger partial charge on any atom is -0.388 e. The van der Waals surface area contributed by atoms with Gasteiger partial charge in [-0.05, 0) is 43.9 Å². The summed E-state index contributed by atoms with van der Waals surface area (Å²) in [6.07, 6.45) is 3.71. The van der Waals surface area contributed by atoms with E-state index in [0.29, 0.717) is 11.8 Å². The predicted octanol–water partition coefficient (Wildman–Crippen LogP) is 3.75. The Hall–Kier alpha value is -0.550. The number of nitrogens with zero attached hydrogens (tertiary/aromatic N) is 1. The van der Waals surface area contributed by atoms with E-state index in [0.717, 1.165) is 19.3 Å². The van der Waals surface area contributed by atoms with Gasteiger partial charge in [-0.1, -0.05) is 34.1 Å². The van der Waals surface area contributed by atoms with Crippen molar-refractivity contribution in [3.05, 3.63) is 0 Å². The van der Waals surface area contributed by atoms with E-state index < -0.39 is 11.0 Å². The molecule has 0 aromatic carbocycles. The van der Waals surface area contributed by atoms with Crippen LogP contribution < -0.4 is 0 Å². The Morgan fingerprint density at radius 3 is 2.47 bits per heavy atom. The summed E-state index contributed by atoms with van der Waals surface area (Å²) < 4.78 is 0. The van der Waals surface area contributed by atoms with Crippen molar-refractivity contribution in [1.82, 2.24) is 0 Å². The first-order valence-corrected chi connectivity index (χ1v) is 6.94. The van der Waals surface area contributed by atoms with Gasteiger partial charge < -0.3 is 5.11 Å². The topological polar surface area (TPSA) is 44.0 Å². The summed E-state index contributed by atoms with van der Waals surface area (Å²) in [7, 11) is 0. The fraction of sp³-hybridized carbons (Fsp3) is 0.933. The van der Waals surface area contributed by atoms with Gasteiger partial charge in [-0.3, -0.25) is 0 Å². The van der Waals surface area contributed by atoms with Crippen molar-refractivity contribution < 1.29 is 5.11 Å². The monoisotopic (exact) mass is 237 g/mol. The molecule has 17 heavy (non-hydrogen) atoms. The lowest BCUT2D eigenvalue weighted by Crippen LogP contribution is -2.55. The molecule has 0 radical (unpaired) electrons. The molecule has 0 aromatic heterocycles. The minimum absolute atomic E-state index is 0.253. The average molecular weight is 237 g/mol. The SMILES string of the molecule is CCC(C)(C#N)C1(O)CC(C)CCC1C(C)C. The molecule has 1 fully saturated rings. The highest BCUT2D eigenvalue weighted by molar-refractivity contribution is 5.13. The molecule has 2 nitrogen and oxygen atoms in total.